The Morgan fingerprint density at radius 3 is 2.56 bits per heavy atom. The van der Waals surface area contributed by atoms with E-state index in [0.717, 1.165) is 12.8 Å². The predicted octanol–water partition coefficient (Wildman–Crippen LogP) is 2.24. The van der Waals surface area contributed by atoms with Crippen LogP contribution in [0.2, 0.25) is 5.02 Å². The fourth-order valence-electron chi connectivity index (χ4n) is 1.78. The molecule has 0 fully saturated rings. The molecule has 5 N–H and O–H groups in total. The number of benzene rings is 1. The number of aliphatic hydroxyl groups excluding tert-OH is 1. The Morgan fingerprint density at radius 2 is 2.00 bits per heavy atom. The average Bonchev–Trinajstić information content (AvgIpc) is 2.33. The van der Waals surface area contributed by atoms with Gasteiger partial charge in [-0.3, -0.25) is 0 Å². The van der Waals surface area contributed by atoms with E-state index in [0.29, 0.717) is 13.1 Å². The first-order valence-electron chi connectivity index (χ1n) is 5.91. The minimum Gasteiger partial charge on any atom is -0.397 e. The van der Waals surface area contributed by atoms with Gasteiger partial charge in [-0.05, 0) is 12.5 Å². The van der Waals surface area contributed by atoms with Crippen molar-refractivity contribution in [2.24, 2.45) is 0 Å². The molecular weight excluding hydrogens is 257 g/mol. The van der Waals surface area contributed by atoms with Crippen LogP contribution in [0.25, 0.3) is 0 Å². The molecule has 0 amide bonds. The Hall–Kier alpha value is -1.20. The summed E-state index contributed by atoms with van der Waals surface area (Å²) in [7, 11) is 0. The fraction of sp³-hybridized carbons (Fsp3) is 0.500. The Morgan fingerprint density at radius 1 is 1.33 bits per heavy atom. The Labute approximate surface area is 111 Å². The van der Waals surface area contributed by atoms with Gasteiger partial charge in [0.25, 0.3) is 0 Å². The number of hydrogen-bond acceptors (Lipinski definition) is 4. The van der Waals surface area contributed by atoms with Gasteiger partial charge < -0.3 is 21.5 Å². The molecule has 102 valence electrons. The van der Waals surface area contributed by atoms with E-state index in [-0.39, 0.29) is 28.7 Å². The summed E-state index contributed by atoms with van der Waals surface area (Å²) in [6.07, 6.45) is 1.84. The van der Waals surface area contributed by atoms with Gasteiger partial charge in [0, 0.05) is 13.1 Å². The van der Waals surface area contributed by atoms with Crippen molar-refractivity contribution >= 4 is 28.7 Å². The lowest BCUT2D eigenvalue weighted by Gasteiger charge is -2.26. The topological polar surface area (TPSA) is 75.5 Å². The van der Waals surface area contributed by atoms with Crippen molar-refractivity contribution in [3.63, 3.8) is 0 Å². The molecular formula is C12H19ClFN3O. The first-order valence-corrected chi connectivity index (χ1v) is 6.29. The molecule has 0 unspecified atom stereocenters. The molecule has 0 bridgehead atoms. The standard InChI is InChI=1S/C12H19ClFN3O/c1-2-3-4-17(5-6-18)12-9(16)7-8(15)10(13)11(12)14/h7,18H,2-6,15-16H2,1H3. The summed E-state index contributed by atoms with van der Waals surface area (Å²) < 4.78 is 14.1. The van der Waals surface area contributed by atoms with Crippen molar-refractivity contribution in [2.75, 3.05) is 36.1 Å². The van der Waals surface area contributed by atoms with Gasteiger partial charge >= 0.3 is 0 Å². The number of aliphatic hydroxyl groups is 1. The third-order valence-electron chi connectivity index (χ3n) is 2.71. The normalized spacial score (nSPS) is 10.7. The van der Waals surface area contributed by atoms with Crippen molar-refractivity contribution in [2.45, 2.75) is 19.8 Å². The van der Waals surface area contributed by atoms with Gasteiger partial charge in [-0.15, -0.1) is 0 Å². The van der Waals surface area contributed by atoms with Gasteiger partial charge in [-0.1, -0.05) is 24.9 Å². The number of nitrogens with zero attached hydrogens (tertiary/aromatic N) is 1. The van der Waals surface area contributed by atoms with Gasteiger partial charge in [0.2, 0.25) is 0 Å². The zero-order chi connectivity index (χ0) is 13.7. The summed E-state index contributed by atoms with van der Waals surface area (Å²) in [6, 6.07) is 1.44. The highest BCUT2D eigenvalue weighted by Crippen LogP contribution is 2.36. The van der Waals surface area contributed by atoms with Crippen LogP contribution in [0.1, 0.15) is 19.8 Å². The molecule has 1 rings (SSSR count). The quantitative estimate of drug-likeness (QED) is 0.696. The zero-order valence-corrected chi connectivity index (χ0v) is 11.2. The van der Waals surface area contributed by atoms with Crippen LogP contribution in [0, 0.1) is 5.82 Å². The smallest absolute Gasteiger partial charge is 0.169 e. The minimum atomic E-state index is -0.626. The first kappa shape index (κ1) is 14.9. The van der Waals surface area contributed by atoms with Gasteiger partial charge in [-0.25, -0.2) is 4.39 Å². The van der Waals surface area contributed by atoms with E-state index in [1.165, 1.54) is 6.07 Å². The van der Waals surface area contributed by atoms with Crippen LogP contribution in [0.15, 0.2) is 6.07 Å². The maximum Gasteiger partial charge on any atom is 0.169 e. The molecule has 0 saturated heterocycles. The summed E-state index contributed by atoms with van der Waals surface area (Å²) in [5.74, 6) is -0.626. The number of nitrogens with two attached hydrogens (primary N) is 2. The van der Waals surface area contributed by atoms with Gasteiger partial charge in [0.05, 0.1) is 23.7 Å². The molecule has 0 heterocycles. The van der Waals surface area contributed by atoms with Crippen molar-refractivity contribution in [3.05, 3.63) is 16.9 Å². The van der Waals surface area contributed by atoms with Crippen LogP contribution in [-0.4, -0.2) is 24.8 Å². The summed E-state index contributed by atoms with van der Waals surface area (Å²) in [5, 5.41) is 8.91. The largest absolute Gasteiger partial charge is 0.397 e. The lowest BCUT2D eigenvalue weighted by Crippen LogP contribution is -2.29. The number of anilines is 3. The summed E-state index contributed by atoms with van der Waals surface area (Å²) in [6.45, 7) is 2.87. The Kier molecular flexibility index (Phi) is 5.50. The highest BCUT2D eigenvalue weighted by molar-refractivity contribution is 6.33. The van der Waals surface area contributed by atoms with Crippen molar-refractivity contribution in [1.82, 2.24) is 0 Å². The van der Waals surface area contributed by atoms with Crippen molar-refractivity contribution in [3.8, 4) is 0 Å². The van der Waals surface area contributed by atoms with E-state index >= 15 is 0 Å². The van der Waals surface area contributed by atoms with E-state index in [2.05, 4.69) is 0 Å². The molecule has 0 spiro atoms. The van der Waals surface area contributed by atoms with Crippen molar-refractivity contribution < 1.29 is 9.50 Å². The summed E-state index contributed by atoms with van der Waals surface area (Å²) in [5.41, 5.74) is 11.9. The number of rotatable bonds is 6. The second kappa shape index (κ2) is 6.66. The molecule has 1 aromatic rings. The molecule has 0 aromatic heterocycles. The van der Waals surface area contributed by atoms with Gasteiger partial charge in [0.1, 0.15) is 5.02 Å². The Bertz CT molecular complexity index is 415. The summed E-state index contributed by atoms with van der Waals surface area (Å²) in [4.78, 5) is 1.69. The van der Waals surface area contributed by atoms with E-state index < -0.39 is 5.82 Å². The molecule has 0 aliphatic carbocycles. The number of unbranched alkanes of at least 4 members (excludes halogenated alkanes) is 1. The molecule has 0 aliphatic heterocycles. The van der Waals surface area contributed by atoms with Crippen LogP contribution in [0.3, 0.4) is 0 Å². The predicted molar refractivity (Wildman–Crippen MR) is 74.4 cm³/mol. The zero-order valence-electron chi connectivity index (χ0n) is 10.4. The molecule has 0 saturated carbocycles. The number of hydrogen-bond donors (Lipinski definition) is 3. The fourth-order valence-corrected chi connectivity index (χ4v) is 1.93. The van der Waals surface area contributed by atoms with Crippen LogP contribution < -0.4 is 16.4 Å². The number of nitrogen functional groups attached to an aromatic ring is 2. The monoisotopic (exact) mass is 275 g/mol. The third kappa shape index (κ3) is 3.17. The van der Waals surface area contributed by atoms with Crippen LogP contribution in [0.5, 0.6) is 0 Å². The Balaban J connectivity index is 3.14. The molecule has 4 nitrogen and oxygen atoms in total. The second-order valence-corrected chi connectivity index (χ2v) is 4.47. The van der Waals surface area contributed by atoms with E-state index in [1.807, 2.05) is 6.92 Å². The highest BCUT2D eigenvalue weighted by atomic mass is 35.5. The summed E-state index contributed by atoms with van der Waals surface area (Å²) >= 11 is 5.79. The second-order valence-electron chi connectivity index (χ2n) is 4.10. The molecule has 18 heavy (non-hydrogen) atoms. The first-order chi connectivity index (χ1) is 8.52. The lowest BCUT2D eigenvalue weighted by molar-refractivity contribution is 0.301. The van der Waals surface area contributed by atoms with E-state index in [9.17, 15) is 4.39 Å². The number of halogens is 2. The minimum absolute atomic E-state index is 0.0788. The SMILES string of the molecule is CCCCN(CCO)c1c(N)cc(N)c(Cl)c1F. The van der Waals surface area contributed by atoms with E-state index in [1.54, 1.807) is 4.90 Å². The van der Waals surface area contributed by atoms with E-state index in [4.69, 9.17) is 28.2 Å². The van der Waals surface area contributed by atoms with Crippen molar-refractivity contribution in [1.29, 1.82) is 0 Å². The molecule has 6 heteroatoms. The molecule has 0 aliphatic rings. The molecule has 0 atom stereocenters. The van der Waals surface area contributed by atoms with Gasteiger partial charge in [-0.2, -0.15) is 0 Å². The highest BCUT2D eigenvalue weighted by Gasteiger charge is 2.19. The van der Waals surface area contributed by atoms with Crippen LogP contribution >= 0.6 is 11.6 Å². The third-order valence-corrected chi connectivity index (χ3v) is 3.09. The average molecular weight is 276 g/mol. The van der Waals surface area contributed by atoms with Gasteiger partial charge in [0.15, 0.2) is 5.82 Å². The lowest BCUT2D eigenvalue weighted by atomic mass is 10.2. The van der Waals surface area contributed by atoms with Crippen LogP contribution in [-0.2, 0) is 0 Å². The maximum atomic E-state index is 14.1. The molecule has 1 aromatic carbocycles. The maximum absolute atomic E-state index is 14.1. The molecule has 0 radical (unpaired) electrons. The van der Waals surface area contributed by atoms with Crippen LogP contribution in [0.4, 0.5) is 21.5 Å².